The van der Waals surface area contributed by atoms with Crippen LogP contribution in [0.15, 0.2) is 18.2 Å². The van der Waals surface area contributed by atoms with E-state index in [0.29, 0.717) is 11.1 Å². The number of benzene rings is 1. The number of fused-ring (bicyclic) bond motifs is 1. The van der Waals surface area contributed by atoms with Crippen LogP contribution in [-0.4, -0.2) is 19.1 Å². The number of methoxy groups -OCH3 is 1. The second kappa shape index (κ2) is 4.72. The molecular formula is C12H11F3N2O. The van der Waals surface area contributed by atoms with Gasteiger partial charge in [-0.25, -0.2) is 18.2 Å². The van der Waals surface area contributed by atoms with Crippen LogP contribution >= 0.6 is 0 Å². The molecule has 3 nitrogen and oxygen atoms in total. The van der Waals surface area contributed by atoms with E-state index in [1.165, 1.54) is 19.2 Å². The number of halogens is 3. The van der Waals surface area contributed by atoms with E-state index in [4.69, 9.17) is 4.74 Å². The highest BCUT2D eigenvalue weighted by Gasteiger charge is 2.15. The van der Waals surface area contributed by atoms with E-state index < -0.39 is 17.9 Å². The molecule has 0 unspecified atom stereocenters. The van der Waals surface area contributed by atoms with Crippen molar-refractivity contribution in [3.05, 3.63) is 29.7 Å². The molecule has 0 fully saturated rings. The first-order chi connectivity index (χ1) is 8.56. The second-order valence-corrected chi connectivity index (χ2v) is 3.65. The zero-order valence-electron chi connectivity index (χ0n) is 9.80. The van der Waals surface area contributed by atoms with Crippen molar-refractivity contribution in [3.63, 3.8) is 0 Å². The van der Waals surface area contributed by atoms with Gasteiger partial charge in [0.1, 0.15) is 5.69 Å². The molecule has 0 aliphatic heterocycles. The summed E-state index contributed by atoms with van der Waals surface area (Å²) in [6.07, 6.45) is -2.70. The predicted octanol–water partition coefficient (Wildman–Crippen LogP) is 3.36. The third-order valence-corrected chi connectivity index (χ3v) is 2.59. The number of hydrogen-bond donors (Lipinski definition) is 1. The lowest BCUT2D eigenvalue weighted by Crippen LogP contribution is -1.98. The molecule has 2 aromatic rings. The van der Waals surface area contributed by atoms with Crippen LogP contribution in [0.5, 0.6) is 5.75 Å². The third-order valence-electron chi connectivity index (χ3n) is 2.59. The van der Waals surface area contributed by atoms with Crippen molar-refractivity contribution in [1.29, 1.82) is 0 Å². The molecule has 0 atom stereocenters. The topological polar surface area (TPSA) is 34.2 Å². The fourth-order valence-corrected chi connectivity index (χ4v) is 1.72. The molecule has 1 N–H and O–H groups in total. The fraction of sp³-hybridized carbons (Fsp3) is 0.250. The summed E-state index contributed by atoms with van der Waals surface area (Å²) in [4.78, 5) is 3.73. The van der Waals surface area contributed by atoms with Gasteiger partial charge in [0.05, 0.1) is 12.6 Å². The predicted molar refractivity (Wildman–Crippen MR) is 62.8 cm³/mol. The number of hydrogen-bond acceptors (Lipinski definition) is 3. The Labute approximate surface area is 102 Å². The van der Waals surface area contributed by atoms with E-state index in [9.17, 15) is 13.2 Å². The van der Waals surface area contributed by atoms with Crippen LogP contribution in [0, 0.1) is 5.82 Å². The summed E-state index contributed by atoms with van der Waals surface area (Å²) in [6, 6.07) is 3.75. The molecule has 0 saturated heterocycles. The number of rotatable bonds is 3. The van der Waals surface area contributed by atoms with Crippen molar-refractivity contribution in [2.45, 2.75) is 6.43 Å². The molecule has 0 spiro atoms. The summed E-state index contributed by atoms with van der Waals surface area (Å²) >= 11 is 0. The maximum absolute atomic E-state index is 13.5. The zero-order valence-corrected chi connectivity index (χ0v) is 9.80. The molecule has 6 heteroatoms. The number of pyridine rings is 1. The molecule has 96 valence electrons. The highest BCUT2D eigenvalue weighted by Crippen LogP contribution is 2.31. The van der Waals surface area contributed by atoms with E-state index in [1.54, 1.807) is 7.05 Å². The number of ether oxygens (including phenoxy) is 1. The lowest BCUT2D eigenvalue weighted by Gasteiger charge is -2.10. The average Bonchev–Trinajstić information content (AvgIpc) is 2.36. The first kappa shape index (κ1) is 12.5. The molecule has 1 heterocycles. The molecule has 0 amide bonds. The fourth-order valence-electron chi connectivity index (χ4n) is 1.72. The summed E-state index contributed by atoms with van der Waals surface area (Å²) < 4.78 is 43.7. The molecule has 0 bridgehead atoms. The van der Waals surface area contributed by atoms with Gasteiger partial charge in [0, 0.05) is 24.2 Å². The van der Waals surface area contributed by atoms with E-state index in [1.807, 2.05) is 0 Å². The second-order valence-electron chi connectivity index (χ2n) is 3.65. The first-order valence-electron chi connectivity index (χ1n) is 5.21. The Bertz CT molecular complexity index is 587. The van der Waals surface area contributed by atoms with E-state index in [0.717, 1.165) is 6.07 Å². The molecule has 18 heavy (non-hydrogen) atoms. The molecule has 1 aromatic carbocycles. The standard InChI is InChI=1S/C12H11F3N2O/c1-16-8-5-10(12(14)15)17-9-4-7(13)11(18-2)3-6(8)9/h3-5,12H,1-2H3,(H,16,17). The van der Waals surface area contributed by atoms with E-state index in [2.05, 4.69) is 10.3 Å². The number of nitrogens with zero attached hydrogens (tertiary/aromatic N) is 1. The van der Waals surface area contributed by atoms with Gasteiger partial charge >= 0.3 is 0 Å². The minimum absolute atomic E-state index is 0.0468. The van der Waals surface area contributed by atoms with Gasteiger partial charge in [0.25, 0.3) is 6.43 Å². The summed E-state index contributed by atoms with van der Waals surface area (Å²) in [7, 11) is 2.93. The smallest absolute Gasteiger partial charge is 0.280 e. The SMILES string of the molecule is CNc1cc(C(F)F)nc2cc(F)c(OC)cc12. The summed E-state index contributed by atoms with van der Waals surface area (Å²) in [6.45, 7) is 0. The molecule has 0 saturated carbocycles. The summed E-state index contributed by atoms with van der Waals surface area (Å²) in [5, 5.41) is 3.31. The Kier molecular flexibility index (Phi) is 3.27. The van der Waals surface area contributed by atoms with Crippen molar-refractivity contribution in [3.8, 4) is 5.75 Å². The lowest BCUT2D eigenvalue weighted by molar-refractivity contribution is 0.146. The third kappa shape index (κ3) is 2.05. The average molecular weight is 256 g/mol. The monoisotopic (exact) mass is 256 g/mol. The van der Waals surface area contributed by atoms with Crippen molar-refractivity contribution in [1.82, 2.24) is 4.98 Å². The first-order valence-corrected chi connectivity index (χ1v) is 5.21. The highest BCUT2D eigenvalue weighted by atomic mass is 19.3. The van der Waals surface area contributed by atoms with Gasteiger partial charge in [0.2, 0.25) is 0 Å². The van der Waals surface area contributed by atoms with Crippen LogP contribution in [-0.2, 0) is 0 Å². The van der Waals surface area contributed by atoms with Gasteiger partial charge in [0.15, 0.2) is 11.6 Å². The highest BCUT2D eigenvalue weighted by molar-refractivity contribution is 5.92. The molecule has 0 aliphatic carbocycles. The molecule has 1 aromatic heterocycles. The number of aromatic nitrogens is 1. The molecular weight excluding hydrogens is 245 g/mol. The Morgan fingerprint density at radius 2 is 2.00 bits per heavy atom. The molecule has 2 rings (SSSR count). The largest absolute Gasteiger partial charge is 0.494 e. The Hall–Kier alpha value is -1.98. The molecule has 0 radical (unpaired) electrons. The van der Waals surface area contributed by atoms with Crippen LogP contribution in [0.1, 0.15) is 12.1 Å². The van der Waals surface area contributed by atoms with Crippen LogP contribution < -0.4 is 10.1 Å². The van der Waals surface area contributed by atoms with Gasteiger partial charge in [-0.3, -0.25) is 0 Å². The lowest BCUT2D eigenvalue weighted by atomic mass is 10.1. The van der Waals surface area contributed by atoms with Gasteiger partial charge < -0.3 is 10.1 Å². The minimum atomic E-state index is -2.70. The van der Waals surface area contributed by atoms with Crippen molar-refractivity contribution in [2.24, 2.45) is 0 Å². The van der Waals surface area contributed by atoms with Crippen molar-refractivity contribution < 1.29 is 17.9 Å². The van der Waals surface area contributed by atoms with E-state index >= 15 is 0 Å². The van der Waals surface area contributed by atoms with Gasteiger partial charge in [-0.2, -0.15) is 0 Å². The summed E-state index contributed by atoms with van der Waals surface area (Å²) in [5.41, 5.74) is 0.223. The minimum Gasteiger partial charge on any atom is -0.494 e. The zero-order chi connectivity index (χ0) is 13.3. The quantitative estimate of drug-likeness (QED) is 0.914. The number of nitrogens with one attached hydrogen (secondary N) is 1. The van der Waals surface area contributed by atoms with Crippen molar-refractivity contribution in [2.75, 3.05) is 19.5 Å². The Morgan fingerprint density at radius 1 is 1.28 bits per heavy atom. The van der Waals surface area contributed by atoms with Crippen molar-refractivity contribution >= 4 is 16.6 Å². The maximum Gasteiger partial charge on any atom is 0.280 e. The van der Waals surface area contributed by atoms with Gasteiger partial charge in [-0.15, -0.1) is 0 Å². The van der Waals surface area contributed by atoms with Crippen LogP contribution in [0.4, 0.5) is 18.9 Å². The number of alkyl halides is 2. The number of anilines is 1. The van der Waals surface area contributed by atoms with Crippen LogP contribution in [0.3, 0.4) is 0 Å². The van der Waals surface area contributed by atoms with Crippen LogP contribution in [0.25, 0.3) is 10.9 Å². The Balaban J connectivity index is 2.75. The molecule has 0 aliphatic rings. The Morgan fingerprint density at radius 3 is 2.56 bits per heavy atom. The van der Waals surface area contributed by atoms with Crippen LogP contribution in [0.2, 0.25) is 0 Å². The van der Waals surface area contributed by atoms with Gasteiger partial charge in [-0.1, -0.05) is 0 Å². The van der Waals surface area contributed by atoms with Gasteiger partial charge in [-0.05, 0) is 12.1 Å². The normalized spacial score (nSPS) is 11.0. The summed E-state index contributed by atoms with van der Waals surface area (Å²) in [5.74, 6) is -0.587. The van der Waals surface area contributed by atoms with E-state index in [-0.39, 0.29) is 11.3 Å². The maximum atomic E-state index is 13.5.